The van der Waals surface area contributed by atoms with Crippen LogP contribution in [-0.2, 0) is 0 Å². The summed E-state index contributed by atoms with van der Waals surface area (Å²) in [6.45, 7) is 0. The summed E-state index contributed by atoms with van der Waals surface area (Å²) in [4.78, 5) is 14.2. The molecular weight excluding hydrogens is 211 g/mol. The zero-order chi connectivity index (χ0) is 10.3. The van der Waals surface area contributed by atoms with Gasteiger partial charge in [0, 0.05) is 6.20 Å². The van der Waals surface area contributed by atoms with Crippen LogP contribution < -0.4 is 0 Å². The van der Waals surface area contributed by atoms with E-state index in [1.165, 1.54) is 18.3 Å². The second kappa shape index (κ2) is 2.95. The molecular formula is C8H4ClFN2O2. The SMILES string of the molecule is O=C(O)c1nc(Cl)c2c(F)cccn12. The van der Waals surface area contributed by atoms with E-state index in [1.807, 2.05) is 0 Å². The molecule has 2 heterocycles. The van der Waals surface area contributed by atoms with Crippen LogP contribution in [0.5, 0.6) is 0 Å². The number of rotatable bonds is 1. The first kappa shape index (κ1) is 8.96. The first-order chi connectivity index (χ1) is 6.61. The van der Waals surface area contributed by atoms with Gasteiger partial charge in [-0.3, -0.25) is 4.40 Å². The van der Waals surface area contributed by atoms with E-state index in [2.05, 4.69) is 4.98 Å². The minimum Gasteiger partial charge on any atom is -0.475 e. The van der Waals surface area contributed by atoms with Crippen molar-refractivity contribution in [3.8, 4) is 0 Å². The summed E-state index contributed by atoms with van der Waals surface area (Å²) in [6, 6.07) is 2.57. The van der Waals surface area contributed by atoms with Gasteiger partial charge in [0.2, 0.25) is 5.82 Å². The number of fused-ring (bicyclic) bond motifs is 1. The molecule has 0 aliphatic rings. The highest BCUT2D eigenvalue weighted by atomic mass is 35.5. The molecule has 0 aromatic carbocycles. The number of aromatic carboxylic acids is 1. The molecule has 4 nitrogen and oxygen atoms in total. The summed E-state index contributed by atoms with van der Waals surface area (Å²) in [5, 5.41) is 8.57. The minimum absolute atomic E-state index is 0.0217. The lowest BCUT2D eigenvalue weighted by Crippen LogP contribution is -2.03. The molecule has 0 spiro atoms. The molecule has 0 amide bonds. The van der Waals surface area contributed by atoms with Crippen molar-refractivity contribution in [2.24, 2.45) is 0 Å². The van der Waals surface area contributed by atoms with Crippen molar-refractivity contribution in [3.05, 3.63) is 35.1 Å². The van der Waals surface area contributed by atoms with E-state index in [0.29, 0.717) is 0 Å². The van der Waals surface area contributed by atoms with Crippen molar-refractivity contribution in [2.75, 3.05) is 0 Å². The Balaban J connectivity index is 2.91. The molecule has 0 radical (unpaired) electrons. The maximum absolute atomic E-state index is 13.2. The molecule has 0 atom stereocenters. The Morgan fingerprint density at radius 1 is 1.64 bits per heavy atom. The van der Waals surface area contributed by atoms with Gasteiger partial charge < -0.3 is 5.11 Å². The van der Waals surface area contributed by atoms with E-state index >= 15 is 0 Å². The highest BCUT2D eigenvalue weighted by molar-refractivity contribution is 6.33. The van der Waals surface area contributed by atoms with Gasteiger partial charge in [-0.05, 0) is 12.1 Å². The Morgan fingerprint density at radius 3 is 3.00 bits per heavy atom. The predicted octanol–water partition coefficient (Wildman–Crippen LogP) is 1.82. The Morgan fingerprint density at radius 2 is 2.36 bits per heavy atom. The summed E-state index contributed by atoms with van der Waals surface area (Å²) in [7, 11) is 0. The molecule has 2 aromatic rings. The van der Waals surface area contributed by atoms with Crippen molar-refractivity contribution in [1.29, 1.82) is 0 Å². The molecule has 0 saturated carbocycles. The standard InChI is InChI=1S/C8H4ClFN2O2/c9-6-5-4(10)2-1-3-12(5)7(11-6)8(13)14/h1-3H,(H,13,14). The molecule has 0 saturated heterocycles. The van der Waals surface area contributed by atoms with Crippen LogP contribution in [0.1, 0.15) is 10.6 Å². The Bertz CT molecular complexity index is 523. The van der Waals surface area contributed by atoms with Crippen LogP contribution in [0.25, 0.3) is 5.52 Å². The lowest BCUT2D eigenvalue weighted by molar-refractivity contribution is 0.0683. The highest BCUT2D eigenvalue weighted by Gasteiger charge is 2.17. The van der Waals surface area contributed by atoms with Crippen LogP contribution >= 0.6 is 11.6 Å². The molecule has 0 aliphatic carbocycles. The topological polar surface area (TPSA) is 54.6 Å². The summed E-state index contributed by atoms with van der Waals surface area (Å²) >= 11 is 5.59. The first-order valence-electron chi connectivity index (χ1n) is 3.66. The van der Waals surface area contributed by atoms with Gasteiger partial charge in [-0.15, -0.1) is 0 Å². The minimum atomic E-state index is -1.25. The number of pyridine rings is 1. The third kappa shape index (κ3) is 1.13. The molecule has 0 fully saturated rings. The number of hydrogen-bond donors (Lipinski definition) is 1. The summed E-state index contributed by atoms with van der Waals surface area (Å²) in [5.74, 6) is -2.15. The number of aromatic nitrogens is 2. The van der Waals surface area contributed by atoms with Gasteiger partial charge >= 0.3 is 5.97 Å². The maximum Gasteiger partial charge on any atom is 0.372 e. The monoisotopic (exact) mass is 214 g/mol. The lowest BCUT2D eigenvalue weighted by Gasteiger charge is -1.96. The van der Waals surface area contributed by atoms with E-state index in [0.717, 1.165) is 4.40 Å². The third-order valence-corrected chi connectivity index (χ3v) is 2.03. The fraction of sp³-hybridized carbons (Fsp3) is 0. The summed E-state index contributed by atoms with van der Waals surface area (Å²) < 4.78 is 14.3. The number of carboxylic acids is 1. The molecule has 1 N–H and O–H groups in total. The molecule has 6 heteroatoms. The van der Waals surface area contributed by atoms with Gasteiger partial charge in [-0.1, -0.05) is 11.6 Å². The van der Waals surface area contributed by atoms with Crippen molar-refractivity contribution in [2.45, 2.75) is 0 Å². The zero-order valence-corrected chi connectivity index (χ0v) is 7.49. The van der Waals surface area contributed by atoms with Gasteiger partial charge in [0.25, 0.3) is 0 Å². The number of carboxylic acid groups (broad SMARTS) is 1. The lowest BCUT2D eigenvalue weighted by atomic mass is 10.4. The van der Waals surface area contributed by atoms with E-state index in [-0.39, 0.29) is 16.5 Å². The number of carbonyl (C=O) groups is 1. The fourth-order valence-corrected chi connectivity index (χ4v) is 1.47. The van der Waals surface area contributed by atoms with E-state index < -0.39 is 11.8 Å². The van der Waals surface area contributed by atoms with Crippen molar-refractivity contribution in [1.82, 2.24) is 9.38 Å². The van der Waals surface area contributed by atoms with Crippen LogP contribution in [-0.4, -0.2) is 20.5 Å². The third-order valence-electron chi connectivity index (χ3n) is 1.76. The number of nitrogens with zero attached hydrogens (tertiary/aromatic N) is 2. The van der Waals surface area contributed by atoms with Gasteiger partial charge in [-0.25, -0.2) is 14.2 Å². The predicted molar refractivity (Wildman–Crippen MR) is 47.1 cm³/mol. The average molecular weight is 215 g/mol. The van der Waals surface area contributed by atoms with Gasteiger partial charge in [0.1, 0.15) is 11.3 Å². The quantitative estimate of drug-likeness (QED) is 0.788. The van der Waals surface area contributed by atoms with Crippen LogP contribution in [0.15, 0.2) is 18.3 Å². The smallest absolute Gasteiger partial charge is 0.372 e. The largest absolute Gasteiger partial charge is 0.475 e. The number of halogens is 2. The summed E-state index contributed by atoms with van der Waals surface area (Å²) in [6.07, 6.45) is 1.39. The molecule has 0 aliphatic heterocycles. The number of hydrogen-bond acceptors (Lipinski definition) is 2. The van der Waals surface area contributed by atoms with Crippen molar-refractivity contribution < 1.29 is 14.3 Å². The van der Waals surface area contributed by atoms with Gasteiger partial charge in [0.15, 0.2) is 5.15 Å². The van der Waals surface area contributed by atoms with Crippen LogP contribution in [0.2, 0.25) is 5.15 Å². The van der Waals surface area contributed by atoms with Crippen LogP contribution in [0, 0.1) is 5.82 Å². The second-order valence-electron chi connectivity index (χ2n) is 2.61. The molecule has 2 rings (SSSR count). The Labute approximate surface area is 82.6 Å². The van der Waals surface area contributed by atoms with Crippen LogP contribution in [0.4, 0.5) is 4.39 Å². The van der Waals surface area contributed by atoms with E-state index in [1.54, 1.807) is 0 Å². The average Bonchev–Trinajstić information content (AvgIpc) is 2.45. The first-order valence-corrected chi connectivity index (χ1v) is 4.04. The molecule has 0 bridgehead atoms. The second-order valence-corrected chi connectivity index (χ2v) is 2.96. The fourth-order valence-electron chi connectivity index (χ4n) is 1.21. The molecule has 72 valence electrons. The Kier molecular flexibility index (Phi) is 1.89. The van der Waals surface area contributed by atoms with Gasteiger partial charge in [0.05, 0.1) is 0 Å². The molecule has 2 aromatic heterocycles. The summed E-state index contributed by atoms with van der Waals surface area (Å²) in [5.41, 5.74) is -0.0217. The zero-order valence-electron chi connectivity index (χ0n) is 6.74. The van der Waals surface area contributed by atoms with Crippen molar-refractivity contribution in [3.63, 3.8) is 0 Å². The van der Waals surface area contributed by atoms with Gasteiger partial charge in [-0.2, -0.15) is 0 Å². The number of imidazole rings is 1. The molecule has 14 heavy (non-hydrogen) atoms. The van der Waals surface area contributed by atoms with E-state index in [4.69, 9.17) is 16.7 Å². The maximum atomic E-state index is 13.2. The highest BCUT2D eigenvalue weighted by Crippen LogP contribution is 2.20. The Hall–Kier alpha value is -1.62. The van der Waals surface area contributed by atoms with Crippen molar-refractivity contribution >= 4 is 23.1 Å². The van der Waals surface area contributed by atoms with Crippen LogP contribution in [0.3, 0.4) is 0 Å². The van der Waals surface area contributed by atoms with E-state index in [9.17, 15) is 9.18 Å². The molecule has 0 unspecified atom stereocenters. The normalized spacial score (nSPS) is 10.7.